The molecule has 1 unspecified atom stereocenters. The highest BCUT2D eigenvalue weighted by Crippen LogP contribution is 2.39. The molecule has 0 aliphatic rings. The number of rotatable bonds is 6. The van der Waals surface area contributed by atoms with Crippen molar-refractivity contribution in [1.29, 1.82) is 0 Å². The number of benzene rings is 2. The number of aliphatic hydroxyl groups is 1. The molecule has 1 amide bonds. The van der Waals surface area contributed by atoms with Crippen molar-refractivity contribution in [1.82, 2.24) is 19.9 Å². The minimum absolute atomic E-state index is 0.000276. The lowest BCUT2D eigenvalue weighted by Gasteiger charge is -2.33. The number of aryl methyl sites for hydroxylation is 1. The first kappa shape index (κ1) is 26.9. The molecule has 0 fully saturated rings. The van der Waals surface area contributed by atoms with Gasteiger partial charge in [0.15, 0.2) is 11.2 Å². The molecule has 0 aliphatic heterocycles. The molecule has 200 valence electrons. The SMILES string of the molecule is Cc1ccc(-c2ccn3nc(N)nc3c2)c(F)c1C(=O)NCC(F)(F)C(C)(O)c1ccc(C(F)(F)F)cc1. The van der Waals surface area contributed by atoms with Gasteiger partial charge in [0.1, 0.15) is 5.82 Å². The monoisotopic (exact) mass is 537 g/mol. The van der Waals surface area contributed by atoms with Crippen LogP contribution < -0.4 is 11.1 Å². The first-order chi connectivity index (χ1) is 17.6. The van der Waals surface area contributed by atoms with Crippen LogP contribution in [-0.4, -0.2) is 38.1 Å². The van der Waals surface area contributed by atoms with Crippen LogP contribution in [0, 0.1) is 12.7 Å². The number of hydrogen-bond donors (Lipinski definition) is 3. The Hall–Kier alpha value is -4.13. The minimum Gasteiger partial charge on any atom is -0.379 e. The number of aromatic nitrogens is 3. The molecule has 0 saturated carbocycles. The van der Waals surface area contributed by atoms with Crippen molar-refractivity contribution in [2.24, 2.45) is 0 Å². The standard InChI is InChI=1S/C25H21F6N5O2/c1-13-3-8-17(14-9-10-36-18(11-14)34-22(32)35-36)20(26)19(13)21(37)33-12-24(27,28)23(2,38)15-4-6-16(7-5-15)25(29,30)31/h3-11,38H,12H2,1-2H3,(H2,32,35)(H,33,37). The van der Waals surface area contributed by atoms with Crippen molar-refractivity contribution >= 4 is 17.5 Å². The number of hydrogen-bond acceptors (Lipinski definition) is 5. The van der Waals surface area contributed by atoms with E-state index in [1.807, 2.05) is 5.32 Å². The predicted octanol–water partition coefficient (Wildman–Crippen LogP) is 4.72. The van der Waals surface area contributed by atoms with Crippen LogP contribution in [0.1, 0.15) is 34.0 Å². The van der Waals surface area contributed by atoms with Crippen LogP contribution >= 0.6 is 0 Å². The molecule has 0 aliphatic carbocycles. The summed E-state index contributed by atoms with van der Waals surface area (Å²) in [5, 5.41) is 16.4. The molecule has 4 rings (SSSR count). The van der Waals surface area contributed by atoms with E-state index in [-0.39, 0.29) is 17.1 Å². The van der Waals surface area contributed by atoms with Gasteiger partial charge in [-0.3, -0.25) is 4.79 Å². The van der Waals surface area contributed by atoms with Crippen LogP contribution in [0.25, 0.3) is 16.8 Å². The number of carbonyl (C=O) groups is 1. The maximum absolute atomic E-state index is 15.5. The molecule has 4 N–H and O–H groups in total. The van der Waals surface area contributed by atoms with E-state index < -0.39 is 52.7 Å². The molecule has 13 heteroatoms. The van der Waals surface area contributed by atoms with Crippen LogP contribution in [0.3, 0.4) is 0 Å². The fourth-order valence-corrected chi connectivity index (χ4v) is 3.89. The van der Waals surface area contributed by atoms with Crippen molar-refractivity contribution in [2.75, 3.05) is 12.3 Å². The number of nitrogen functional groups attached to an aromatic ring is 1. The van der Waals surface area contributed by atoms with Crippen LogP contribution in [0.5, 0.6) is 0 Å². The number of amides is 1. The fraction of sp³-hybridized carbons (Fsp3) is 0.240. The average molecular weight is 537 g/mol. The summed E-state index contributed by atoms with van der Waals surface area (Å²) < 4.78 is 85.2. The largest absolute Gasteiger partial charge is 0.416 e. The van der Waals surface area contributed by atoms with Crippen molar-refractivity contribution in [3.8, 4) is 11.1 Å². The summed E-state index contributed by atoms with van der Waals surface area (Å²) in [6, 6.07) is 8.42. The Bertz CT molecular complexity index is 1510. The Kier molecular flexibility index (Phi) is 6.60. The second-order valence-corrected chi connectivity index (χ2v) is 8.84. The molecular weight excluding hydrogens is 516 g/mol. The topological polar surface area (TPSA) is 106 Å². The Balaban J connectivity index is 1.57. The Morgan fingerprint density at radius 2 is 1.68 bits per heavy atom. The van der Waals surface area contributed by atoms with Gasteiger partial charge >= 0.3 is 6.18 Å². The molecule has 2 aromatic heterocycles. The van der Waals surface area contributed by atoms with Crippen LogP contribution in [0.4, 0.5) is 32.3 Å². The number of nitrogens with one attached hydrogen (secondary N) is 1. The third kappa shape index (κ3) is 4.88. The van der Waals surface area contributed by atoms with Gasteiger partial charge in [0.05, 0.1) is 17.7 Å². The average Bonchev–Trinajstić information content (AvgIpc) is 3.21. The van der Waals surface area contributed by atoms with E-state index in [0.29, 0.717) is 30.3 Å². The van der Waals surface area contributed by atoms with Gasteiger partial charge in [-0.05, 0) is 54.8 Å². The second kappa shape index (κ2) is 9.31. The Labute approximate surface area is 211 Å². The summed E-state index contributed by atoms with van der Waals surface area (Å²) in [4.78, 5) is 16.8. The zero-order chi connectivity index (χ0) is 28.0. The molecule has 2 heterocycles. The van der Waals surface area contributed by atoms with Crippen molar-refractivity contribution in [3.05, 3.63) is 82.8 Å². The molecule has 1 atom stereocenters. The van der Waals surface area contributed by atoms with Gasteiger partial charge in [0, 0.05) is 11.8 Å². The summed E-state index contributed by atoms with van der Waals surface area (Å²) in [6.45, 7) is 0.705. The van der Waals surface area contributed by atoms with Gasteiger partial charge in [-0.15, -0.1) is 5.10 Å². The van der Waals surface area contributed by atoms with Gasteiger partial charge < -0.3 is 16.2 Å². The van der Waals surface area contributed by atoms with Crippen LogP contribution in [0.15, 0.2) is 54.7 Å². The summed E-state index contributed by atoms with van der Waals surface area (Å²) in [7, 11) is 0. The lowest BCUT2D eigenvalue weighted by atomic mass is 9.88. The van der Waals surface area contributed by atoms with E-state index in [1.54, 1.807) is 0 Å². The van der Waals surface area contributed by atoms with E-state index in [0.717, 1.165) is 12.1 Å². The number of nitrogens with zero attached hydrogens (tertiary/aromatic N) is 3. The van der Waals surface area contributed by atoms with Crippen LogP contribution in [-0.2, 0) is 11.8 Å². The summed E-state index contributed by atoms with van der Waals surface area (Å²) >= 11 is 0. The molecule has 0 spiro atoms. The van der Waals surface area contributed by atoms with E-state index in [4.69, 9.17) is 5.73 Å². The van der Waals surface area contributed by atoms with Gasteiger partial charge in [-0.1, -0.05) is 24.3 Å². The zero-order valence-electron chi connectivity index (χ0n) is 19.9. The molecular formula is C25H21F6N5O2. The Morgan fingerprint density at radius 3 is 2.32 bits per heavy atom. The van der Waals surface area contributed by atoms with E-state index in [2.05, 4.69) is 10.1 Å². The molecule has 7 nitrogen and oxygen atoms in total. The third-order valence-electron chi connectivity index (χ3n) is 6.20. The van der Waals surface area contributed by atoms with E-state index in [1.165, 1.54) is 41.9 Å². The van der Waals surface area contributed by atoms with Crippen molar-refractivity contribution < 1.29 is 36.2 Å². The predicted molar refractivity (Wildman–Crippen MR) is 126 cm³/mol. The smallest absolute Gasteiger partial charge is 0.379 e. The fourth-order valence-electron chi connectivity index (χ4n) is 3.89. The maximum Gasteiger partial charge on any atom is 0.416 e. The van der Waals surface area contributed by atoms with E-state index in [9.17, 15) is 31.9 Å². The summed E-state index contributed by atoms with van der Waals surface area (Å²) in [5.41, 5.74) is 1.34. The number of nitrogens with two attached hydrogens (primary N) is 1. The third-order valence-corrected chi connectivity index (χ3v) is 6.20. The second-order valence-electron chi connectivity index (χ2n) is 8.84. The molecule has 0 bridgehead atoms. The highest BCUT2D eigenvalue weighted by molar-refractivity contribution is 5.97. The first-order valence-electron chi connectivity index (χ1n) is 11.1. The summed E-state index contributed by atoms with van der Waals surface area (Å²) in [5.74, 6) is -6.18. The number of pyridine rings is 1. The van der Waals surface area contributed by atoms with Gasteiger partial charge in [-0.25, -0.2) is 17.7 Å². The quantitative estimate of drug-likeness (QED) is 0.309. The lowest BCUT2D eigenvalue weighted by molar-refractivity contribution is -0.173. The highest BCUT2D eigenvalue weighted by Gasteiger charge is 2.50. The van der Waals surface area contributed by atoms with Gasteiger partial charge in [-0.2, -0.15) is 18.2 Å². The number of halogens is 6. The van der Waals surface area contributed by atoms with Crippen molar-refractivity contribution in [2.45, 2.75) is 31.5 Å². The number of anilines is 1. The zero-order valence-corrected chi connectivity index (χ0v) is 19.9. The molecule has 0 radical (unpaired) electrons. The normalized spacial score (nSPS) is 13.9. The number of alkyl halides is 5. The van der Waals surface area contributed by atoms with Gasteiger partial charge in [0.2, 0.25) is 5.95 Å². The number of carbonyl (C=O) groups excluding carboxylic acids is 1. The molecule has 4 aromatic rings. The van der Waals surface area contributed by atoms with Crippen LogP contribution in [0.2, 0.25) is 0 Å². The Morgan fingerprint density at radius 1 is 1.05 bits per heavy atom. The molecule has 0 saturated heterocycles. The summed E-state index contributed by atoms with van der Waals surface area (Å²) in [6.07, 6.45) is -3.21. The lowest BCUT2D eigenvalue weighted by Crippen LogP contribution is -2.50. The molecule has 2 aromatic carbocycles. The minimum atomic E-state index is -4.69. The molecule has 38 heavy (non-hydrogen) atoms. The first-order valence-corrected chi connectivity index (χ1v) is 11.1. The van der Waals surface area contributed by atoms with Crippen molar-refractivity contribution in [3.63, 3.8) is 0 Å². The number of fused-ring (bicyclic) bond motifs is 1. The maximum atomic E-state index is 15.5. The van der Waals surface area contributed by atoms with Gasteiger partial charge in [0.25, 0.3) is 11.8 Å². The highest BCUT2D eigenvalue weighted by atomic mass is 19.4. The van der Waals surface area contributed by atoms with E-state index >= 15 is 4.39 Å².